The summed E-state index contributed by atoms with van der Waals surface area (Å²) in [6, 6.07) is 75.7. The van der Waals surface area contributed by atoms with E-state index in [2.05, 4.69) is 210 Å². The number of nitrogens with zero attached hydrogens (tertiary/aromatic N) is 1. The molecule has 0 spiro atoms. The molecule has 11 aromatic rings. The van der Waals surface area contributed by atoms with Gasteiger partial charge in [-0.25, -0.2) is 0 Å². The predicted octanol–water partition coefficient (Wildman–Crippen LogP) is 15.1. The van der Waals surface area contributed by atoms with Crippen LogP contribution in [0.5, 0.6) is 0 Å². The fraction of sp³-hybridized carbons (Fsp3) is 0. The molecule has 57 heavy (non-hydrogen) atoms. The molecular formula is C54H36N2O. The number of nitrogens with one attached hydrogen (secondary N) is 1. The van der Waals surface area contributed by atoms with Crippen LogP contribution in [0.2, 0.25) is 0 Å². The van der Waals surface area contributed by atoms with Gasteiger partial charge in [0.2, 0.25) is 0 Å². The van der Waals surface area contributed by atoms with Gasteiger partial charge in [0, 0.05) is 49.7 Å². The van der Waals surface area contributed by atoms with Crippen LogP contribution < -0.4 is 5.32 Å². The van der Waals surface area contributed by atoms with Gasteiger partial charge < -0.3 is 14.3 Å². The van der Waals surface area contributed by atoms with Crippen molar-refractivity contribution < 1.29 is 4.42 Å². The number of para-hydroxylation sites is 4. The Bertz CT molecular complexity index is 3190. The van der Waals surface area contributed by atoms with Crippen molar-refractivity contribution in [1.82, 2.24) is 4.57 Å². The van der Waals surface area contributed by atoms with Crippen LogP contribution in [0.25, 0.3) is 93.9 Å². The van der Waals surface area contributed by atoms with E-state index in [0.717, 1.165) is 61.3 Å². The highest BCUT2D eigenvalue weighted by Gasteiger charge is 2.16. The van der Waals surface area contributed by atoms with Crippen molar-refractivity contribution in [2.75, 3.05) is 5.32 Å². The zero-order chi connectivity index (χ0) is 37.7. The Hall–Kier alpha value is -7.62. The largest absolute Gasteiger partial charge is 0.455 e. The molecular weight excluding hydrogens is 693 g/mol. The third-order valence-corrected chi connectivity index (χ3v) is 11.2. The number of fused-ring (bicyclic) bond motifs is 6. The maximum Gasteiger partial charge on any atom is 0.143 e. The first-order valence-electron chi connectivity index (χ1n) is 19.4. The Morgan fingerprint density at radius 3 is 1.65 bits per heavy atom. The highest BCUT2D eigenvalue weighted by molar-refractivity contribution is 6.10. The Morgan fingerprint density at radius 2 is 0.912 bits per heavy atom. The monoisotopic (exact) mass is 728 g/mol. The van der Waals surface area contributed by atoms with Gasteiger partial charge >= 0.3 is 0 Å². The van der Waals surface area contributed by atoms with E-state index in [-0.39, 0.29) is 0 Å². The van der Waals surface area contributed by atoms with Crippen LogP contribution in [-0.2, 0) is 0 Å². The summed E-state index contributed by atoms with van der Waals surface area (Å²) in [6.45, 7) is 0. The Labute approximate surface area is 330 Å². The van der Waals surface area contributed by atoms with Crippen molar-refractivity contribution in [2.45, 2.75) is 0 Å². The van der Waals surface area contributed by atoms with E-state index < -0.39 is 0 Å². The van der Waals surface area contributed by atoms with E-state index >= 15 is 0 Å². The fourth-order valence-corrected chi connectivity index (χ4v) is 8.44. The molecule has 0 atom stereocenters. The smallest absolute Gasteiger partial charge is 0.143 e. The van der Waals surface area contributed by atoms with Gasteiger partial charge in [0.25, 0.3) is 0 Å². The summed E-state index contributed by atoms with van der Waals surface area (Å²) in [7, 11) is 0. The van der Waals surface area contributed by atoms with Gasteiger partial charge in [-0.2, -0.15) is 0 Å². The van der Waals surface area contributed by atoms with E-state index in [4.69, 9.17) is 4.42 Å². The first-order valence-corrected chi connectivity index (χ1v) is 19.4. The summed E-state index contributed by atoms with van der Waals surface area (Å²) in [5, 5.41) is 8.55. The first-order chi connectivity index (χ1) is 28.2. The van der Waals surface area contributed by atoms with Gasteiger partial charge in [0.05, 0.1) is 11.0 Å². The molecule has 0 saturated heterocycles. The van der Waals surface area contributed by atoms with E-state index in [1.54, 1.807) is 0 Å². The lowest BCUT2D eigenvalue weighted by atomic mass is 9.95. The highest BCUT2D eigenvalue weighted by atomic mass is 16.3. The molecule has 0 aliphatic heterocycles. The fourth-order valence-electron chi connectivity index (χ4n) is 8.44. The second-order valence-corrected chi connectivity index (χ2v) is 14.6. The van der Waals surface area contributed by atoms with Crippen LogP contribution in [-0.4, -0.2) is 4.57 Å². The van der Waals surface area contributed by atoms with E-state index in [1.165, 1.54) is 44.1 Å². The summed E-state index contributed by atoms with van der Waals surface area (Å²) in [5.41, 5.74) is 16.6. The number of benzene rings is 9. The molecule has 0 fully saturated rings. The summed E-state index contributed by atoms with van der Waals surface area (Å²) in [4.78, 5) is 0. The topological polar surface area (TPSA) is 30.1 Å². The predicted molar refractivity (Wildman–Crippen MR) is 240 cm³/mol. The van der Waals surface area contributed by atoms with Gasteiger partial charge in [0.15, 0.2) is 0 Å². The third kappa shape index (κ3) is 5.76. The summed E-state index contributed by atoms with van der Waals surface area (Å²) < 4.78 is 8.86. The minimum absolute atomic E-state index is 0.898. The van der Waals surface area contributed by atoms with Crippen LogP contribution >= 0.6 is 0 Å². The lowest BCUT2D eigenvalue weighted by Crippen LogP contribution is -1.96. The molecule has 2 aromatic heterocycles. The molecule has 1 N–H and O–H groups in total. The molecule has 0 unspecified atom stereocenters. The van der Waals surface area contributed by atoms with Crippen LogP contribution in [0, 0.1) is 0 Å². The molecule has 11 rings (SSSR count). The number of aromatic nitrogens is 1. The lowest BCUT2D eigenvalue weighted by Gasteiger charge is -2.16. The maximum absolute atomic E-state index is 6.50. The minimum Gasteiger partial charge on any atom is -0.455 e. The van der Waals surface area contributed by atoms with E-state index in [9.17, 15) is 0 Å². The number of hydrogen-bond donors (Lipinski definition) is 1. The van der Waals surface area contributed by atoms with Crippen LogP contribution in [0.1, 0.15) is 0 Å². The normalized spacial score (nSPS) is 11.5. The molecule has 3 nitrogen and oxygen atoms in total. The van der Waals surface area contributed by atoms with Crippen molar-refractivity contribution in [3.63, 3.8) is 0 Å². The number of rotatable bonds is 7. The highest BCUT2D eigenvalue weighted by Crippen LogP contribution is 2.41. The number of hydrogen-bond acceptors (Lipinski definition) is 2. The summed E-state index contributed by atoms with van der Waals surface area (Å²) in [6.07, 6.45) is 0. The molecule has 3 heteroatoms. The first kappa shape index (κ1) is 32.8. The molecule has 268 valence electrons. The van der Waals surface area contributed by atoms with Gasteiger partial charge in [0.1, 0.15) is 11.2 Å². The molecule has 0 aliphatic carbocycles. The summed E-state index contributed by atoms with van der Waals surface area (Å²) in [5.74, 6) is 0. The standard InChI is InChI=1S/C54H36N2O/c1-2-12-36(13-3-1)39-14-10-15-40(34-39)37-24-29-42(30-25-37)55-50-33-28-41(44-19-11-20-48-47-18-6-9-23-53(47)57-54(44)48)35-49(50)38-26-31-43(32-27-38)56-51-21-7-4-16-45(51)46-17-5-8-22-52(46)56/h1-35,55H. The average molecular weight is 729 g/mol. The van der Waals surface area contributed by atoms with E-state index in [0.29, 0.717) is 0 Å². The molecule has 0 amide bonds. The van der Waals surface area contributed by atoms with Crippen LogP contribution in [0.15, 0.2) is 217 Å². The van der Waals surface area contributed by atoms with Crippen molar-refractivity contribution in [3.05, 3.63) is 212 Å². The van der Waals surface area contributed by atoms with Gasteiger partial charge in [-0.05, 0) is 94.0 Å². The van der Waals surface area contributed by atoms with Crippen molar-refractivity contribution in [1.29, 1.82) is 0 Å². The molecule has 9 aromatic carbocycles. The van der Waals surface area contributed by atoms with Gasteiger partial charge in [-0.15, -0.1) is 0 Å². The molecule has 0 bridgehead atoms. The molecule has 0 radical (unpaired) electrons. The van der Waals surface area contributed by atoms with Crippen molar-refractivity contribution in [2.24, 2.45) is 0 Å². The third-order valence-electron chi connectivity index (χ3n) is 11.2. The molecule has 2 heterocycles. The van der Waals surface area contributed by atoms with Crippen molar-refractivity contribution >= 4 is 55.1 Å². The van der Waals surface area contributed by atoms with Gasteiger partial charge in [-0.1, -0.05) is 152 Å². The average Bonchev–Trinajstić information content (AvgIpc) is 3.83. The van der Waals surface area contributed by atoms with Crippen molar-refractivity contribution in [3.8, 4) is 50.2 Å². The maximum atomic E-state index is 6.50. The lowest BCUT2D eigenvalue weighted by molar-refractivity contribution is 0.670. The Balaban J connectivity index is 0.994. The second-order valence-electron chi connectivity index (χ2n) is 14.6. The zero-order valence-corrected chi connectivity index (χ0v) is 31.1. The minimum atomic E-state index is 0.898. The number of anilines is 2. The SMILES string of the molecule is c1ccc(-c2cccc(-c3ccc(Nc4ccc(-c5cccc6c5oc5ccccc56)cc4-c4ccc(-n5c6ccccc6c6ccccc65)cc4)cc3)c2)cc1. The Kier molecular flexibility index (Phi) is 7.82. The van der Waals surface area contributed by atoms with Crippen LogP contribution in [0.3, 0.4) is 0 Å². The zero-order valence-electron chi connectivity index (χ0n) is 31.1. The molecule has 0 saturated carbocycles. The van der Waals surface area contributed by atoms with Gasteiger partial charge in [-0.3, -0.25) is 0 Å². The molecule has 0 aliphatic rings. The number of furan rings is 1. The quantitative estimate of drug-likeness (QED) is 0.177. The summed E-state index contributed by atoms with van der Waals surface area (Å²) >= 11 is 0. The Morgan fingerprint density at radius 1 is 0.351 bits per heavy atom. The second kappa shape index (κ2) is 13.6. The van der Waals surface area contributed by atoms with E-state index in [1.807, 2.05) is 12.1 Å². The van der Waals surface area contributed by atoms with Crippen LogP contribution in [0.4, 0.5) is 11.4 Å².